The molecule has 22 heavy (non-hydrogen) atoms. The van der Waals surface area contributed by atoms with Gasteiger partial charge in [-0.25, -0.2) is 9.67 Å². The van der Waals surface area contributed by atoms with Gasteiger partial charge in [-0.1, -0.05) is 5.21 Å². The van der Waals surface area contributed by atoms with Crippen LogP contribution in [-0.2, 0) is 23.6 Å². The molecule has 3 heterocycles. The quantitative estimate of drug-likeness (QED) is 0.861. The van der Waals surface area contributed by atoms with Gasteiger partial charge in [0.1, 0.15) is 11.4 Å². The summed E-state index contributed by atoms with van der Waals surface area (Å²) >= 11 is 0. The fourth-order valence-corrected chi connectivity index (χ4v) is 2.57. The van der Waals surface area contributed by atoms with E-state index in [0.29, 0.717) is 18.9 Å². The summed E-state index contributed by atoms with van der Waals surface area (Å²) in [6.07, 6.45) is -1.91. The SMILES string of the molecule is COC1(c2cnnn2C)CN(c2ccc(C(F)(F)F)cn2)C1. The summed E-state index contributed by atoms with van der Waals surface area (Å²) in [5, 5.41) is 7.70. The van der Waals surface area contributed by atoms with Crippen LogP contribution >= 0.6 is 0 Å². The minimum absolute atomic E-state index is 0.475. The van der Waals surface area contributed by atoms with Crippen LogP contribution in [0.15, 0.2) is 24.5 Å². The molecule has 3 rings (SSSR count). The lowest BCUT2D eigenvalue weighted by atomic mass is 9.90. The predicted octanol–water partition coefficient (Wildman–Crippen LogP) is 1.59. The molecule has 1 aliphatic heterocycles. The van der Waals surface area contributed by atoms with Crippen LogP contribution in [-0.4, -0.2) is 40.2 Å². The highest BCUT2D eigenvalue weighted by atomic mass is 19.4. The van der Waals surface area contributed by atoms with Gasteiger partial charge in [-0.3, -0.25) is 0 Å². The van der Waals surface area contributed by atoms with E-state index in [9.17, 15) is 13.2 Å². The average molecular weight is 313 g/mol. The number of anilines is 1. The molecular weight excluding hydrogens is 299 g/mol. The van der Waals surface area contributed by atoms with E-state index in [-0.39, 0.29) is 0 Å². The molecule has 0 N–H and O–H groups in total. The first kappa shape index (κ1) is 14.8. The Hall–Kier alpha value is -2.16. The first-order chi connectivity index (χ1) is 10.4. The molecule has 2 aromatic rings. The van der Waals surface area contributed by atoms with E-state index in [2.05, 4.69) is 15.3 Å². The number of alkyl halides is 3. The molecular formula is C13H14F3N5O. The first-order valence-corrected chi connectivity index (χ1v) is 6.54. The Morgan fingerprint density at radius 2 is 1.95 bits per heavy atom. The van der Waals surface area contributed by atoms with Crippen LogP contribution in [0.5, 0.6) is 0 Å². The Balaban J connectivity index is 1.76. The van der Waals surface area contributed by atoms with E-state index >= 15 is 0 Å². The van der Waals surface area contributed by atoms with E-state index < -0.39 is 17.3 Å². The van der Waals surface area contributed by atoms with Gasteiger partial charge in [-0.2, -0.15) is 13.2 Å². The van der Waals surface area contributed by atoms with Crippen LogP contribution in [0, 0.1) is 0 Å². The topological polar surface area (TPSA) is 56.1 Å². The van der Waals surface area contributed by atoms with Crippen molar-refractivity contribution in [2.45, 2.75) is 11.8 Å². The summed E-state index contributed by atoms with van der Waals surface area (Å²) in [5.74, 6) is 0.482. The number of methoxy groups -OCH3 is 1. The molecule has 1 fully saturated rings. The van der Waals surface area contributed by atoms with Crippen LogP contribution in [0.25, 0.3) is 0 Å². The molecule has 1 saturated heterocycles. The number of nitrogens with zero attached hydrogens (tertiary/aromatic N) is 5. The highest BCUT2D eigenvalue weighted by Gasteiger charge is 2.48. The Morgan fingerprint density at radius 3 is 2.41 bits per heavy atom. The highest BCUT2D eigenvalue weighted by molar-refractivity contribution is 5.46. The molecule has 0 spiro atoms. The number of hydrogen-bond donors (Lipinski definition) is 0. The van der Waals surface area contributed by atoms with Crippen LogP contribution in [0.1, 0.15) is 11.3 Å². The van der Waals surface area contributed by atoms with Crippen LogP contribution in [0.4, 0.5) is 19.0 Å². The van der Waals surface area contributed by atoms with Crippen molar-refractivity contribution in [3.05, 3.63) is 35.8 Å². The monoisotopic (exact) mass is 313 g/mol. The van der Waals surface area contributed by atoms with E-state index in [0.717, 1.165) is 18.0 Å². The van der Waals surface area contributed by atoms with Crippen LogP contribution < -0.4 is 4.90 Å². The van der Waals surface area contributed by atoms with Gasteiger partial charge in [-0.05, 0) is 12.1 Å². The van der Waals surface area contributed by atoms with Gasteiger partial charge in [0.25, 0.3) is 0 Å². The molecule has 0 aromatic carbocycles. The van der Waals surface area contributed by atoms with Crippen molar-refractivity contribution >= 4 is 5.82 Å². The summed E-state index contributed by atoms with van der Waals surface area (Å²) in [6.45, 7) is 0.951. The summed E-state index contributed by atoms with van der Waals surface area (Å²) in [5.41, 5.74) is -0.508. The maximum absolute atomic E-state index is 12.5. The highest BCUT2D eigenvalue weighted by Crippen LogP contribution is 2.37. The molecule has 0 amide bonds. The zero-order valence-electron chi connectivity index (χ0n) is 12.0. The molecule has 118 valence electrons. The Morgan fingerprint density at radius 1 is 1.23 bits per heavy atom. The molecule has 6 nitrogen and oxygen atoms in total. The zero-order chi connectivity index (χ0) is 16.0. The van der Waals surface area contributed by atoms with E-state index in [1.54, 1.807) is 25.0 Å². The maximum Gasteiger partial charge on any atom is 0.417 e. The Kier molecular flexibility index (Phi) is 3.32. The van der Waals surface area contributed by atoms with Crippen LogP contribution in [0.3, 0.4) is 0 Å². The minimum atomic E-state index is -4.38. The molecule has 2 aromatic heterocycles. The van der Waals surface area contributed by atoms with Gasteiger partial charge in [0.05, 0.1) is 30.5 Å². The van der Waals surface area contributed by atoms with Gasteiger partial charge < -0.3 is 9.64 Å². The molecule has 0 radical (unpaired) electrons. The standard InChI is InChI=1S/C13H14F3N5O/c1-20-10(6-18-19-20)12(22-2)7-21(8-12)11-4-3-9(5-17-11)13(14,15)16/h3-6H,7-8H2,1-2H3. The van der Waals surface area contributed by atoms with Crippen molar-refractivity contribution in [3.8, 4) is 0 Å². The number of aromatic nitrogens is 4. The van der Waals surface area contributed by atoms with E-state index in [1.165, 1.54) is 6.07 Å². The molecule has 1 aliphatic rings. The molecule has 0 saturated carbocycles. The van der Waals surface area contributed by atoms with Gasteiger partial charge in [0, 0.05) is 20.4 Å². The van der Waals surface area contributed by atoms with E-state index in [4.69, 9.17) is 4.74 Å². The van der Waals surface area contributed by atoms with Crippen molar-refractivity contribution < 1.29 is 17.9 Å². The Bertz CT molecular complexity index is 661. The van der Waals surface area contributed by atoms with Gasteiger partial charge in [-0.15, -0.1) is 5.10 Å². The number of ether oxygens (including phenoxy) is 1. The lowest BCUT2D eigenvalue weighted by Gasteiger charge is -2.49. The lowest BCUT2D eigenvalue weighted by Crippen LogP contribution is -2.61. The number of hydrogen-bond acceptors (Lipinski definition) is 5. The van der Waals surface area contributed by atoms with Crippen molar-refractivity contribution in [2.75, 3.05) is 25.1 Å². The van der Waals surface area contributed by atoms with E-state index in [1.807, 2.05) is 4.90 Å². The smallest absolute Gasteiger partial charge is 0.368 e. The zero-order valence-corrected chi connectivity index (χ0v) is 12.0. The summed E-state index contributed by atoms with van der Waals surface area (Å²) in [4.78, 5) is 5.73. The largest absolute Gasteiger partial charge is 0.417 e. The molecule has 0 atom stereocenters. The van der Waals surface area contributed by atoms with Gasteiger partial charge >= 0.3 is 6.18 Å². The summed E-state index contributed by atoms with van der Waals surface area (Å²) in [6, 6.07) is 2.39. The van der Waals surface area contributed by atoms with Crippen molar-refractivity contribution in [1.82, 2.24) is 20.0 Å². The van der Waals surface area contributed by atoms with Crippen molar-refractivity contribution in [1.29, 1.82) is 0 Å². The van der Waals surface area contributed by atoms with Crippen molar-refractivity contribution in [2.24, 2.45) is 7.05 Å². The minimum Gasteiger partial charge on any atom is -0.368 e. The molecule has 0 aliphatic carbocycles. The lowest BCUT2D eigenvalue weighted by molar-refractivity contribution is -0.137. The second kappa shape index (κ2) is 4.94. The average Bonchev–Trinajstić information content (AvgIpc) is 2.85. The maximum atomic E-state index is 12.5. The normalized spacial score (nSPS) is 17.4. The molecule has 0 unspecified atom stereocenters. The fourth-order valence-electron chi connectivity index (χ4n) is 2.57. The second-order valence-corrected chi connectivity index (χ2v) is 5.20. The molecule has 0 bridgehead atoms. The van der Waals surface area contributed by atoms with Crippen molar-refractivity contribution in [3.63, 3.8) is 0 Å². The summed E-state index contributed by atoms with van der Waals surface area (Å²) < 4.78 is 44.8. The first-order valence-electron chi connectivity index (χ1n) is 6.54. The van der Waals surface area contributed by atoms with Crippen LogP contribution in [0.2, 0.25) is 0 Å². The fraction of sp³-hybridized carbons (Fsp3) is 0.462. The number of rotatable bonds is 3. The van der Waals surface area contributed by atoms with Gasteiger partial charge in [0.15, 0.2) is 0 Å². The van der Waals surface area contributed by atoms with Gasteiger partial charge in [0.2, 0.25) is 0 Å². The Labute approximate surface area is 124 Å². The summed E-state index contributed by atoms with van der Waals surface area (Å²) in [7, 11) is 3.35. The number of pyridine rings is 1. The predicted molar refractivity (Wildman–Crippen MR) is 71.1 cm³/mol. The number of halogens is 3. The molecule has 9 heteroatoms. The third-order valence-corrected chi connectivity index (χ3v) is 3.86. The third-order valence-electron chi connectivity index (χ3n) is 3.86. The number of aryl methyl sites for hydroxylation is 1. The second-order valence-electron chi connectivity index (χ2n) is 5.20. The third kappa shape index (κ3) is 2.31.